The fourth-order valence-corrected chi connectivity index (χ4v) is 3.29. The number of rotatable bonds is 7. The van der Waals surface area contributed by atoms with Crippen molar-refractivity contribution in [3.63, 3.8) is 0 Å². The molecule has 2 fully saturated rings. The minimum atomic E-state index is -0.923. The summed E-state index contributed by atoms with van der Waals surface area (Å²) in [5.41, 5.74) is 0. The van der Waals surface area contributed by atoms with Crippen molar-refractivity contribution in [2.24, 2.45) is 11.8 Å². The maximum absolute atomic E-state index is 12.2. The molecule has 25 heavy (non-hydrogen) atoms. The molecular weight excluding hydrogens is 324 g/mol. The number of carboxylic acids is 1. The Morgan fingerprint density at radius 2 is 1.92 bits per heavy atom. The van der Waals surface area contributed by atoms with Gasteiger partial charge in [-0.3, -0.25) is 14.4 Å². The van der Waals surface area contributed by atoms with Crippen molar-refractivity contribution in [2.75, 3.05) is 19.7 Å². The van der Waals surface area contributed by atoms with E-state index >= 15 is 0 Å². The predicted octanol–water partition coefficient (Wildman–Crippen LogP) is 0.893. The van der Waals surface area contributed by atoms with Crippen LogP contribution in [0.2, 0.25) is 0 Å². The molecule has 1 aliphatic heterocycles. The number of carboxylic acid groups (broad SMARTS) is 1. The number of nitrogens with zero attached hydrogens (tertiary/aromatic N) is 1. The third kappa shape index (κ3) is 4.10. The van der Waals surface area contributed by atoms with E-state index in [9.17, 15) is 14.4 Å². The molecule has 0 unspecified atom stereocenters. The molecule has 7 heteroatoms. The monoisotopic (exact) mass is 346 g/mol. The quantitative estimate of drug-likeness (QED) is 0.764. The molecular formula is C18H22N2O5. The van der Waals surface area contributed by atoms with Crippen LogP contribution in [-0.2, 0) is 14.4 Å². The lowest BCUT2D eigenvalue weighted by Gasteiger charge is -2.32. The third-order valence-corrected chi connectivity index (χ3v) is 4.86. The van der Waals surface area contributed by atoms with Crippen LogP contribution in [0.15, 0.2) is 30.3 Å². The molecule has 134 valence electrons. The number of carbonyl (C=O) groups is 3. The van der Waals surface area contributed by atoms with E-state index < -0.39 is 17.8 Å². The van der Waals surface area contributed by atoms with Crippen LogP contribution in [0.1, 0.15) is 19.3 Å². The van der Waals surface area contributed by atoms with Gasteiger partial charge in [-0.25, -0.2) is 0 Å². The number of benzene rings is 1. The second-order valence-corrected chi connectivity index (χ2v) is 6.54. The number of amides is 2. The Hall–Kier alpha value is -2.57. The SMILES string of the molecule is O=C(O)[C@@H]1CC[C@H]1C(=O)N[C@@H]1CC(=O)N(CCOc2ccccc2)C1. The minimum absolute atomic E-state index is 0.0228. The molecule has 1 aromatic rings. The minimum Gasteiger partial charge on any atom is -0.492 e. The Morgan fingerprint density at radius 3 is 2.56 bits per heavy atom. The van der Waals surface area contributed by atoms with Crippen LogP contribution in [0.4, 0.5) is 0 Å². The van der Waals surface area contributed by atoms with E-state index in [-0.39, 0.29) is 24.3 Å². The number of para-hydroxylation sites is 1. The van der Waals surface area contributed by atoms with Gasteiger partial charge in [-0.2, -0.15) is 0 Å². The van der Waals surface area contributed by atoms with Gasteiger partial charge in [0.1, 0.15) is 12.4 Å². The van der Waals surface area contributed by atoms with Gasteiger partial charge in [0.25, 0.3) is 0 Å². The molecule has 3 atom stereocenters. The topological polar surface area (TPSA) is 95.9 Å². The Morgan fingerprint density at radius 1 is 1.20 bits per heavy atom. The number of hydrogen-bond acceptors (Lipinski definition) is 4. The van der Waals surface area contributed by atoms with Crippen LogP contribution >= 0.6 is 0 Å². The number of nitrogens with one attached hydrogen (secondary N) is 1. The van der Waals surface area contributed by atoms with Gasteiger partial charge in [0, 0.05) is 13.0 Å². The largest absolute Gasteiger partial charge is 0.492 e. The number of hydrogen-bond donors (Lipinski definition) is 2. The summed E-state index contributed by atoms with van der Waals surface area (Å²) in [6.07, 6.45) is 1.39. The molecule has 0 aromatic heterocycles. The summed E-state index contributed by atoms with van der Waals surface area (Å²) in [6, 6.07) is 9.12. The molecule has 0 radical (unpaired) electrons. The van der Waals surface area contributed by atoms with Crippen molar-refractivity contribution in [3.8, 4) is 5.75 Å². The average Bonchev–Trinajstić information content (AvgIpc) is 2.86. The van der Waals surface area contributed by atoms with Gasteiger partial charge in [-0.1, -0.05) is 18.2 Å². The molecule has 0 spiro atoms. The first-order valence-electron chi connectivity index (χ1n) is 8.53. The Bertz CT molecular complexity index is 648. The summed E-state index contributed by atoms with van der Waals surface area (Å²) in [5.74, 6) is -1.50. The van der Waals surface area contributed by atoms with Crippen molar-refractivity contribution in [2.45, 2.75) is 25.3 Å². The zero-order valence-corrected chi connectivity index (χ0v) is 13.9. The van der Waals surface area contributed by atoms with Gasteiger partial charge in [-0.15, -0.1) is 0 Å². The van der Waals surface area contributed by atoms with Crippen molar-refractivity contribution in [3.05, 3.63) is 30.3 Å². The molecule has 3 rings (SSSR count). The van der Waals surface area contributed by atoms with Crippen molar-refractivity contribution < 1.29 is 24.2 Å². The molecule has 1 aliphatic carbocycles. The fraction of sp³-hybridized carbons (Fsp3) is 0.500. The molecule has 1 heterocycles. The van der Waals surface area contributed by atoms with Gasteiger partial charge in [0.15, 0.2) is 0 Å². The van der Waals surface area contributed by atoms with Crippen LogP contribution in [0.25, 0.3) is 0 Å². The number of likely N-dealkylation sites (tertiary alicyclic amines) is 1. The first kappa shape index (κ1) is 17.3. The average molecular weight is 346 g/mol. The third-order valence-electron chi connectivity index (χ3n) is 4.86. The van der Waals surface area contributed by atoms with Gasteiger partial charge >= 0.3 is 5.97 Å². The number of carbonyl (C=O) groups excluding carboxylic acids is 2. The van der Waals surface area contributed by atoms with Crippen LogP contribution in [0, 0.1) is 11.8 Å². The highest BCUT2D eigenvalue weighted by Crippen LogP contribution is 2.34. The van der Waals surface area contributed by atoms with Gasteiger partial charge in [0.2, 0.25) is 11.8 Å². The molecule has 1 aromatic carbocycles. The van der Waals surface area contributed by atoms with E-state index in [1.54, 1.807) is 4.90 Å². The highest BCUT2D eigenvalue weighted by molar-refractivity contribution is 5.87. The summed E-state index contributed by atoms with van der Waals surface area (Å²) < 4.78 is 5.59. The van der Waals surface area contributed by atoms with Gasteiger partial charge in [0.05, 0.1) is 24.4 Å². The molecule has 2 N–H and O–H groups in total. The van der Waals surface area contributed by atoms with Gasteiger partial charge in [-0.05, 0) is 25.0 Å². The van der Waals surface area contributed by atoms with E-state index in [0.717, 1.165) is 5.75 Å². The predicted molar refractivity (Wildman–Crippen MR) is 88.9 cm³/mol. The van der Waals surface area contributed by atoms with Crippen molar-refractivity contribution in [1.29, 1.82) is 0 Å². The Labute approximate surface area is 146 Å². The van der Waals surface area contributed by atoms with E-state index in [4.69, 9.17) is 9.84 Å². The highest BCUT2D eigenvalue weighted by atomic mass is 16.5. The molecule has 1 saturated carbocycles. The first-order valence-corrected chi connectivity index (χ1v) is 8.53. The summed E-state index contributed by atoms with van der Waals surface area (Å²) in [5, 5.41) is 11.9. The van der Waals surface area contributed by atoms with E-state index in [0.29, 0.717) is 32.5 Å². The van der Waals surface area contributed by atoms with E-state index in [2.05, 4.69) is 5.32 Å². The second kappa shape index (κ2) is 7.55. The van der Waals surface area contributed by atoms with Crippen LogP contribution in [0.3, 0.4) is 0 Å². The standard InChI is InChI=1S/C18H22N2O5/c21-16-10-12(19-17(22)14-6-7-15(14)18(23)24)11-20(16)8-9-25-13-4-2-1-3-5-13/h1-5,12,14-15H,6-11H2,(H,19,22)(H,23,24)/t12-,14-,15-/m1/s1. The molecule has 2 amide bonds. The Kier molecular flexibility index (Phi) is 5.21. The molecule has 7 nitrogen and oxygen atoms in total. The molecule has 1 saturated heterocycles. The van der Waals surface area contributed by atoms with Crippen LogP contribution in [0.5, 0.6) is 5.75 Å². The summed E-state index contributed by atoms with van der Waals surface area (Å²) in [7, 11) is 0. The zero-order chi connectivity index (χ0) is 17.8. The van der Waals surface area contributed by atoms with Gasteiger partial charge < -0.3 is 20.1 Å². The first-order chi connectivity index (χ1) is 12.0. The molecule has 0 bridgehead atoms. The van der Waals surface area contributed by atoms with Crippen molar-refractivity contribution >= 4 is 17.8 Å². The lowest BCUT2D eigenvalue weighted by atomic mass is 9.73. The van der Waals surface area contributed by atoms with Crippen molar-refractivity contribution in [1.82, 2.24) is 10.2 Å². The maximum atomic E-state index is 12.2. The lowest BCUT2D eigenvalue weighted by molar-refractivity contribution is -0.152. The highest BCUT2D eigenvalue weighted by Gasteiger charge is 2.42. The second-order valence-electron chi connectivity index (χ2n) is 6.54. The normalized spacial score (nSPS) is 25.4. The summed E-state index contributed by atoms with van der Waals surface area (Å²) >= 11 is 0. The zero-order valence-electron chi connectivity index (χ0n) is 13.9. The van der Waals surface area contributed by atoms with E-state index in [1.165, 1.54) is 0 Å². The Balaban J connectivity index is 1.43. The lowest BCUT2D eigenvalue weighted by Crippen LogP contribution is -2.48. The number of ether oxygens (including phenoxy) is 1. The maximum Gasteiger partial charge on any atom is 0.307 e. The van der Waals surface area contributed by atoms with E-state index in [1.807, 2.05) is 30.3 Å². The number of aliphatic carboxylic acids is 1. The van der Waals surface area contributed by atoms with Crippen LogP contribution in [-0.4, -0.2) is 53.5 Å². The van der Waals surface area contributed by atoms with Crippen LogP contribution < -0.4 is 10.1 Å². The smallest absolute Gasteiger partial charge is 0.307 e. The summed E-state index contributed by atoms with van der Waals surface area (Å²) in [6.45, 7) is 1.29. The fourth-order valence-electron chi connectivity index (χ4n) is 3.29. The summed E-state index contributed by atoms with van der Waals surface area (Å²) in [4.78, 5) is 36.9. The molecule has 2 aliphatic rings.